The summed E-state index contributed by atoms with van der Waals surface area (Å²) in [7, 11) is 0. The van der Waals surface area contributed by atoms with Gasteiger partial charge in [0.2, 0.25) is 0 Å². The maximum atomic E-state index is 13.1. The molecule has 1 N–H and O–H groups in total. The molecule has 4 rings (SSSR count). The average molecular weight is 451 g/mol. The van der Waals surface area contributed by atoms with Gasteiger partial charge in [0.25, 0.3) is 5.91 Å². The molecule has 2 saturated heterocycles. The molecule has 2 fully saturated rings. The van der Waals surface area contributed by atoms with E-state index in [1.807, 2.05) is 24.3 Å². The third-order valence-electron chi connectivity index (χ3n) is 6.67. The van der Waals surface area contributed by atoms with Crippen LogP contribution in [0.4, 0.5) is 21.9 Å². The number of aromatic hydroxyl groups is 1. The van der Waals surface area contributed by atoms with Crippen molar-refractivity contribution in [3.63, 3.8) is 0 Å². The molecule has 2 aliphatic heterocycles. The van der Waals surface area contributed by atoms with Gasteiger partial charge in [-0.1, -0.05) is 0 Å². The average Bonchev–Trinajstić information content (AvgIpc) is 2.97. The van der Waals surface area contributed by atoms with E-state index in [1.165, 1.54) is 16.7 Å². The predicted molar refractivity (Wildman–Crippen MR) is 128 cm³/mol. The van der Waals surface area contributed by atoms with Crippen molar-refractivity contribution in [2.75, 3.05) is 40.9 Å². The van der Waals surface area contributed by atoms with Crippen LogP contribution < -0.4 is 14.7 Å². The van der Waals surface area contributed by atoms with Crippen LogP contribution in [-0.2, 0) is 9.59 Å². The molecular formula is C25H30N4O4. The third kappa shape index (κ3) is 4.01. The number of hydrogen-bond donors (Lipinski definition) is 1. The van der Waals surface area contributed by atoms with Crippen LogP contribution in [-0.4, -0.2) is 65.5 Å². The summed E-state index contributed by atoms with van der Waals surface area (Å²) in [5, 5.41) is 9.48. The number of amides is 3. The van der Waals surface area contributed by atoms with Crippen LogP contribution >= 0.6 is 0 Å². The molecule has 33 heavy (non-hydrogen) atoms. The SMILES string of the molecule is CC(=O)C(C)N1C(=O)N(c2ccc(N3CCN(c4ccc(O)cc4)CC3)cc2)C(=O)C1(C)C. The van der Waals surface area contributed by atoms with Gasteiger partial charge in [0.15, 0.2) is 5.78 Å². The first kappa shape index (κ1) is 22.6. The lowest BCUT2D eigenvalue weighted by atomic mass is 10.0. The molecule has 0 aliphatic carbocycles. The Kier molecular flexibility index (Phi) is 5.78. The maximum absolute atomic E-state index is 13.1. The minimum Gasteiger partial charge on any atom is -0.508 e. The lowest BCUT2D eigenvalue weighted by molar-refractivity contribution is -0.127. The normalized spacial score (nSPS) is 19.3. The zero-order valence-electron chi connectivity index (χ0n) is 19.5. The van der Waals surface area contributed by atoms with Crippen LogP contribution in [0.1, 0.15) is 27.7 Å². The van der Waals surface area contributed by atoms with Crippen molar-refractivity contribution in [1.82, 2.24) is 4.90 Å². The number of benzene rings is 2. The minimum absolute atomic E-state index is 0.159. The van der Waals surface area contributed by atoms with Crippen LogP contribution in [0.15, 0.2) is 48.5 Å². The van der Waals surface area contributed by atoms with Crippen LogP contribution in [0.2, 0.25) is 0 Å². The van der Waals surface area contributed by atoms with Crippen molar-refractivity contribution >= 4 is 34.8 Å². The second-order valence-corrected chi connectivity index (χ2v) is 9.15. The molecular weight excluding hydrogens is 420 g/mol. The molecule has 1 atom stereocenters. The van der Waals surface area contributed by atoms with Crippen LogP contribution in [0.5, 0.6) is 5.75 Å². The van der Waals surface area contributed by atoms with Gasteiger partial charge in [-0.05, 0) is 76.2 Å². The van der Waals surface area contributed by atoms with E-state index >= 15 is 0 Å². The summed E-state index contributed by atoms with van der Waals surface area (Å²) in [6.07, 6.45) is 0. The number of carbonyl (C=O) groups excluding carboxylic acids is 3. The number of urea groups is 1. The lowest BCUT2D eigenvalue weighted by Gasteiger charge is -2.37. The molecule has 1 unspecified atom stereocenters. The standard InChI is InChI=1S/C25H30N4O4/c1-17(18(2)30)29-24(33)28(23(32)25(29,3)4)21-7-5-19(6-8-21)26-13-15-27(16-14-26)20-9-11-22(31)12-10-20/h5-12,17,31H,13-16H2,1-4H3. The van der Waals surface area contributed by atoms with Crippen LogP contribution in [0.3, 0.4) is 0 Å². The third-order valence-corrected chi connectivity index (χ3v) is 6.67. The summed E-state index contributed by atoms with van der Waals surface area (Å²) in [6, 6.07) is 13.5. The van der Waals surface area contributed by atoms with Crippen molar-refractivity contribution in [2.24, 2.45) is 0 Å². The summed E-state index contributed by atoms with van der Waals surface area (Å²) in [5.41, 5.74) is 1.52. The van der Waals surface area contributed by atoms with E-state index in [0.29, 0.717) is 5.69 Å². The molecule has 0 aromatic heterocycles. The number of Topliss-reactive ketones (excluding diaryl/α,β-unsaturated/α-hetero) is 1. The Balaban J connectivity index is 1.46. The number of nitrogens with zero attached hydrogens (tertiary/aromatic N) is 4. The molecule has 0 spiro atoms. The number of ketones is 1. The van der Waals surface area contributed by atoms with E-state index < -0.39 is 17.6 Å². The van der Waals surface area contributed by atoms with Gasteiger partial charge in [-0.2, -0.15) is 0 Å². The Morgan fingerprint density at radius 3 is 1.73 bits per heavy atom. The molecule has 0 saturated carbocycles. The summed E-state index contributed by atoms with van der Waals surface area (Å²) in [5.74, 6) is -0.238. The number of hydrogen-bond acceptors (Lipinski definition) is 6. The molecule has 8 heteroatoms. The van der Waals surface area contributed by atoms with Gasteiger partial charge >= 0.3 is 6.03 Å². The van der Waals surface area contributed by atoms with Gasteiger partial charge in [-0.15, -0.1) is 0 Å². The number of phenols is 1. The highest BCUT2D eigenvalue weighted by Gasteiger charge is 2.54. The van der Waals surface area contributed by atoms with Gasteiger partial charge in [0, 0.05) is 37.6 Å². The van der Waals surface area contributed by atoms with E-state index in [1.54, 1.807) is 45.0 Å². The summed E-state index contributed by atoms with van der Waals surface area (Å²) < 4.78 is 0. The molecule has 0 bridgehead atoms. The Labute approximate surface area is 194 Å². The van der Waals surface area contributed by atoms with Gasteiger partial charge in [0.05, 0.1) is 11.7 Å². The molecule has 2 aliphatic rings. The summed E-state index contributed by atoms with van der Waals surface area (Å²) in [6.45, 7) is 9.79. The number of phenolic OH excluding ortho intramolecular Hbond substituents is 1. The number of carbonyl (C=O) groups is 3. The van der Waals surface area contributed by atoms with E-state index in [4.69, 9.17) is 0 Å². The molecule has 174 valence electrons. The zero-order valence-corrected chi connectivity index (χ0v) is 19.5. The van der Waals surface area contributed by atoms with Crippen LogP contribution in [0.25, 0.3) is 0 Å². The Bertz CT molecular complexity index is 1060. The smallest absolute Gasteiger partial charge is 0.332 e. The van der Waals surface area contributed by atoms with E-state index in [2.05, 4.69) is 9.80 Å². The number of anilines is 3. The van der Waals surface area contributed by atoms with Gasteiger partial charge in [-0.25, -0.2) is 9.69 Å². The van der Waals surface area contributed by atoms with Crippen LogP contribution in [0, 0.1) is 0 Å². The molecule has 2 aromatic carbocycles. The first-order valence-corrected chi connectivity index (χ1v) is 11.2. The fraction of sp³-hybridized carbons (Fsp3) is 0.400. The zero-order chi connectivity index (χ0) is 23.9. The first-order valence-electron chi connectivity index (χ1n) is 11.2. The van der Waals surface area contributed by atoms with Crippen molar-refractivity contribution in [3.05, 3.63) is 48.5 Å². The maximum Gasteiger partial charge on any atom is 0.332 e. The van der Waals surface area contributed by atoms with Gasteiger partial charge in [0.1, 0.15) is 11.3 Å². The second kappa shape index (κ2) is 8.42. The Morgan fingerprint density at radius 1 is 0.848 bits per heavy atom. The fourth-order valence-electron chi connectivity index (χ4n) is 4.57. The summed E-state index contributed by atoms with van der Waals surface area (Å²) in [4.78, 5) is 45.2. The highest BCUT2D eigenvalue weighted by Crippen LogP contribution is 2.34. The molecule has 3 amide bonds. The molecule has 2 aromatic rings. The van der Waals surface area contributed by atoms with E-state index in [9.17, 15) is 19.5 Å². The second-order valence-electron chi connectivity index (χ2n) is 9.15. The number of piperazine rings is 1. The molecule has 2 heterocycles. The number of imide groups is 1. The Hall–Kier alpha value is -3.55. The van der Waals surface area contributed by atoms with E-state index in [-0.39, 0.29) is 17.4 Å². The molecule has 0 radical (unpaired) electrons. The van der Waals surface area contributed by atoms with Gasteiger partial charge < -0.3 is 19.8 Å². The Morgan fingerprint density at radius 2 is 1.27 bits per heavy atom. The van der Waals surface area contributed by atoms with Crippen molar-refractivity contribution in [1.29, 1.82) is 0 Å². The van der Waals surface area contributed by atoms with Crippen molar-refractivity contribution < 1.29 is 19.5 Å². The monoisotopic (exact) mass is 450 g/mol. The quantitative estimate of drug-likeness (QED) is 0.704. The van der Waals surface area contributed by atoms with E-state index in [0.717, 1.165) is 37.6 Å². The molecule has 8 nitrogen and oxygen atoms in total. The highest BCUT2D eigenvalue weighted by molar-refractivity contribution is 6.23. The first-order chi connectivity index (χ1) is 15.6. The highest BCUT2D eigenvalue weighted by atomic mass is 16.3. The predicted octanol–water partition coefficient (Wildman–Crippen LogP) is 3.24. The van der Waals surface area contributed by atoms with Gasteiger partial charge in [-0.3, -0.25) is 9.59 Å². The largest absolute Gasteiger partial charge is 0.508 e. The minimum atomic E-state index is -1.09. The number of rotatable bonds is 5. The lowest BCUT2D eigenvalue weighted by Crippen LogP contribution is -2.51. The van der Waals surface area contributed by atoms with Crippen molar-refractivity contribution in [2.45, 2.75) is 39.3 Å². The fourth-order valence-corrected chi connectivity index (χ4v) is 4.57. The van der Waals surface area contributed by atoms with Crippen molar-refractivity contribution in [3.8, 4) is 5.75 Å². The summed E-state index contributed by atoms with van der Waals surface area (Å²) >= 11 is 0. The topological polar surface area (TPSA) is 84.4 Å².